The zero-order chi connectivity index (χ0) is 27.8. The maximum atomic E-state index is 14.9. The number of carbonyl (C=O) groups is 1. The highest BCUT2D eigenvalue weighted by atomic mass is 32.1. The molecule has 0 saturated heterocycles. The van der Waals surface area contributed by atoms with Crippen LogP contribution in [0.15, 0.2) is 55.0 Å². The van der Waals surface area contributed by atoms with Crippen LogP contribution in [-0.4, -0.2) is 50.8 Å². The number of carbonyl (C=O) groups excluding carboxylic acids is 1. The number of H-pyrrole nitrogens is 1. The molecule has 2 N–H and O–H groups in total. The van der Waals surface area contributed by atoms with Crippen molar-refractivity contribution < 1.29 is 23.4 Å². The number of aromatic nitrogens is 5. The molecule has 4 heterocycles. The third kappa shape index (κ3) is 5.08. The van der Waals surface area contributed by atoms with Crippen molar-refractivity contribution in [3.8, 4) is 22.2 Å². The number of aryl methyl sites for hydroxylation is 1. The van der Waals surface area contributed by atoms with Crippen LogP contribution in [0, 0.1) is 12.7 Å². The minimum atomic E-state index is -0.665. The Hall–Kier alpha value is -4.84. The summed E-state index contributed by atoms with van der Waals surface area (Å²) in [4.78, 5) is 33.2. The molecule has 12 heteroatoms. The lowest BCUT2D eigenvalue weighted by atomic mass is 10.1. The van der Waals surface area contributed by atoms with Crippen molar-refractivity contribution in [1.29, 1.82) is 0 Å². The number of nitrogens with one attached hydrogen (secondary N) is 2. The van der Waals surface area contributed by atoms with E-state index >= 15 is 0 Å². The Labute approximate surface area is 231 Å². The lowest BCUT2D eigenvalue weighted by molar-refractivity contribution is 0.0844. The number of aromatic amines is 1. The van der Waals surface area contributed by atoms with E-state index in [2.05, 4.69) is 30.2 Å². The fourth-order valence-electron chi connectivity index (χ4n) is 4.24. The molecule has 6 rings (SSSR count). The van der Waals surface area contributed by atoms with Crippen LogP contribution in [0.2, 0.25) is 0 Å². The Kier molecular flexibility index (Phi) is 6.60. The van der Waals surface area contributed by atoms with E-state index in [1.54, 1.807) is 38.6 Å². The van der Waals surface area contributed by atoms with Gasteiger partial charge in [-0.25, -0.2) is 29.1 Å². The van der Waals surface area contributed by atoms with Crippen LogP contribution in [0.3, 0.4) is 0 Å². The fourth-order valence-corrected chi connectivity index (χ4v) is 5.24. The Balaban J connectivity index is 1.16. The van der Waals surface area contributed by atoms with Gasteiger partial charge < -0.3 is 19.2 Å². The molecule has 0 radical (unpaired) electrons. The molecule has 1 atom stereocenters. The number of hydrogen-bond acceptors (Lipinski definition) is 9. The van der Waals surface area contributed by atoms with E-state index in [0.29, 0.717) is 38.8 Å². The molecule has 10 nitrogen and oxygen atoms in total. The molecule has 0 spiro atoms. The minimum Gasteiger partial charge on any atom is -0.487 e. The molecule has 6 aromatic rings. The molecule has 0 aliphatic rings. The summed E-state index contributed by atoms with van der Waals surface area (Å²) in [5, 5.41) is 4.18. The molecular weight excluding hydrogens is 535 g/mol. The first-order valence-corrected chi connectivity index (χ1v) is 13.1. The Morgan fingerprint density at radius 1 is 1.12 bits per heavy atom. The first kappa shape index (κ1) is 25.4. The van der Waals surface area contributed by atoms with E-state index in [0.717, 1.165) is 21.2 Å². The number of anilines is 1. The van der Waals surface area contributed by atoms with Crippen molar-refractivity contribution in [3.05, 3.63) is 66.4 Å². The van der Waals surface area contributed by atoms with Crippen LogP contribution in [0.1, 0.15) is 12.5 Å². The van der Waals surface area contributed by atoms with Gasteiger partial charge in [0.1, 0.15) is 23.4 Å². The molecular formula is C28H23FN6O4S. The zero-order valence-electron chi connectivity index (χ0n) is 21.7. The number of amides is 1. The molecule has 0 aliphatic carbocycles. The van der Waals surface area contributed by atoms with E-state index in [-0.39, 0.29) is 12.4 Å². The summed E-state index contributed by atoms with van der Waals surface area (Å²) in [6, 6.07) is 10.5. The molecule has 0 fully saturated rings. The van der Waals surface area contributed by atoms with Crippen LogP contribution < -0.4 is 14.8 Å². The van der Waals surface area contributed by atoms with E-state index < -0.39 is 18.0 Å². The lowest BCUT2D eigenvalue weighted by Gasteiger charge is -2.15. The van der Waals surface area contributed by atoms with Gasteiger partial charge in [0, 0.05) is 29.3 Å². The average molecular weight is 559 g/mol. The number of methoxy groups -OCH3 is 1. The molecule has 4 aromatic heterocycles. The SMILES string of the molecule is COc1cnc2c(-c3nc4cc(F)c(OC[C@@H](C)OC(=O)Nc5cnc6[nH]ccc6c5)cc4s3)cc(C)cc2n1. The third-order valence-electron chi connectivity index (χ3n) is 6.08. The van der Waals surface area contributed by atoms with Crippen molar-refractivity contribution >= 4 is 55.4 Å². The second-order valence-corrected chi connectivity index (χ2v) is 10.2. The van der Waals surface area contributed by atoms with Crippen molar-refractivity contribution in [2.24, 2.45) is 0 Å². The van der Waals surface area contributed by atoms with Gasteiger partial charge in [-0.15, -0.1) is 11.3 Å². The number of pyridine rings is 1. The van der Waals surface area contributed by atoms with Gasteiger partial charge in [-0.3, -0.25) is 5.32 Å². The Morgan fingerprint density at radius 3 is 2.85 bits per heavy atom. The number of hydrogen-bond donors (Lipinski definition) is 2. The van der Waals surface area contributed by atoms with Crippen LogP contribution >= 0.6 is 11.3 Å². The van der Waals surface area contributed by atoms with Crippen molar-refractivity contribution in [2.75, 3.05) is 19.0 Å². The fraction of sp³-hybridized carbons (Fsp3) is 0.179. The Morgan fingerprint density at radius 2 is 2.00 bits per heavy atom. The van der Waals surface area contributed by atoms with Crippen molar-refractivity contribution in [2.45, 2.75) is 20.0 Å². The maximum absolute atomic E-state index is 14.9. The monoisotopic (exact) mass is 558 g/mol. The molecule has 1 amide bonds. The maximum Gasteiger partial charge on any atom is 0.412 e. The van der Waals surface area contributed by atoms with Gasteiger partial charge in [-0.2, -0.15) is 0 Å². The number of fused-ring (bicyclic) bond motifs is 3. The van der Waals surface area contributed by atoms with E-state index in [1.807, 2.05) is 25.1 Å². The van der Waals surface area contributed by atoms with Crippen LogP contribution in [0.5, 0.6) is 11.6 Å². The smallest absolute Gasteiger partial charge is 0.412 e. The van der Waals surface area contributed by atoms with Crippen molar-refractivity contribution in [3.63, 3.8) is 0 Å². The van der Waals surface area contributed by atoms with Gasteiger partial charge in [0.05, 0.1) is 46.4 Å². The second-order valence-electron chi connectivity index (χ2n) is 9.15. The highest BCUT2D eigenvalue weighted by molar-refractivity contribution is 7.21. The summed E-state index contributed by atoms with van der Waals surface area (Å²) >= 11 is 1.39. The Bertz CT molecular complexity index is 1890. The van der Waals surface area contributed by atoms with Crippen molar-refractivity contribution in [1.82, 2.24) is 24.9 Å². The summed E-state index contributed by atoms with van der Waals surface area (Å²) in [6.45, 7) is 3.58. The number of nitrogens with zero attached hydrogens (tertiary/aromatic N) is 4. The lowest BCUT2D eigenvalue weighted by Crippen LogP contribution is -2.25. The molecule has 2 aromatic carbocycles. The molecule has 40 heavy (non-hydrogen) atoms. The normalized spacial score (nSPS) is 12.1. The zero-order valence-corrected chi connectivity index (χ0v) is 22.5. The second kappa shape index (κ2) is 10.4. The van der Waals surface area contributed by atoms with E-state index in [1.165, 1.54) is 23.6 Å². The van der Waals surface area contributed by atoms with E-state index in [9.17, 15) is 9.18 Å². The van der Waals surface area contributed by atoms with E-state index in [4.69, 9.17) is 14.2 Å². The first-order valence-electron chi connectivity index (χ1n) is 12.3. The molecule has 0 unspecified atom stereocenters. The molecule has 0 aliphatic heterocycles. The number of thiazole rings is 1. The summed E-state index contributed by atoms with van der Waals surface area (Å²) in [7, 11) is 1.54. The third-order valence-corrected chi connectivity index (χ3v) is 7.13. The quantitative estimate of drug-likeness (QED) is 0.235. The van der Waals surface area contributed by atoms with Crippen LogP contribution in [0.4, 0.5) is 14.9 Å². The summed E-state index contributed by atoms with van der Waals surface area (Å²) in [5.74, 6) is -0.104. The highest BCUT2D eigenvalue weighted by Gasteiger charge is 2.17. The summed E-state index contributed by atoms with van der Waals surface area (Å²) < 4.78 is 31.9. The summed E-state index contributed by atoms with van der Waals surface area (Å²) in [6.07, 6.45) is 3.53. The molecule has 0 saturated carbocycles. The predicted octanol–water partition coefficient (Wildman–Crippen LogP) is 6.25. The van der Waals surface area contributed by atoms with Crippen LogP contribution in [-0.2, 0) is 4.74 Å². The first-order chi connectivity index (χ1) is 19.4. The number of halogens is 1. The van der Waals surface area contributed by atoms with Crippen LogP contribution in [0.25, 0.3) is 42.9 Å². The minimum absolute atomic E-state index is 0.0410. The largest absolute Gasteiger partial charge is 0.487 e. The van der Waals surface area contributed by atoms with Gasteiger partial charge in [0.15, 0.2) is 11.6 Å². The highest BCUT2D eigenvalue weighted by Crippen LogP contribution is 2.37. The standard InChI is InChI=1S/C28H23FN6O4S/c1-14-6-18(25-21(7-14)34-24(37-3)12-31-25)27-35-20-9-19(29)22(10-23(20)40-27)38-13-15(2)39-28(36)33-17-8-16-4-5-30-26(16)32-11-17/h4-12,15H,13H2,1-3H3,(H,30,32)(H,33,36)/t15-/m1/s1. The van der Waals surface area contributed by atoms with Gasteiger partial charge in [-0.05, 0) is 43.7 Å². The molecule has 202 valence electrons. The van der Waals surface area contributed by atoms with Gasteiger partial charge in [0.25, 0.3) is 0 Å². The topological polar surface area (TPSA) is 124 Å². The van der Waals surface area contributed by atoms with Gasteiger partial charge >= 0.3 is 6.09 Å². The van der Waals surface area contributed by atoms with Gasteiger partial charge in [-0.1, -0.05) is 0 Å². The molecule has 0 bridgehead atoms. The number of rotatable bonds is 7. The number of benzene rings is 2. The predicted molar refractivity (Wildman–Crippen MR) is 151 cm³/mol. The van der Waals surface area contributed by atoms with Gasteiger partial charge in [0.2, 0.25) is 5.88 Å². The number of ether oxygens (including phenoxy) is 3. The average Bonchev–Trinajstić information content (AvgIpc) is 3.57. The summed E-state index contributed by atoms with van der Waals surface area (Å²) in [5.41, 5.74) is 4.85.